The van der Waals surface area contributed by atoms with Crippen LogP contribution in [0.2, 0.25) is 0 Å². The SMILES string of the molecule is CNC(=O)C(Cc1ccccc1)N(Cc1ccc(F)cc1)C(=O)CCCN1C(=O)c2ccccc2C1=O. The van der Waals surface area contributed by atoms with E-state index < -0.39 is 11.9 Å². The zero-order valence-corrected chi connectivity index (χ0v) is 20.5. The molecule has 0 saturated heterocycles. The molecule has 4 rings (SSSR count). The van der Waals surface area contributed by atoms with Crippen molar-refractivity contribution >= 4 is 23.6 Å². The highest BCUT2D eigenvalue weighted by Gasteiger charge is 2.35. The van der Waals surface area contributed by atoms with Gasteiger partial charge in [-0.3, -0.25) is 24.1 Å². The molecule has 37 heavy (non-hydrogen) atoms. The van der Waals surface area contributed by atoms with Crippen molar-refractivity contribution in [3.8, 4) is 0 Å². The number of rotatable bonds is 10. The molecule has 0 aromatic heterocycles. The molecule has 0 saturated carbocycles. The van der Waals surface area contributed by atoms with Crippen molar-refractivity contribution in [2.45, 2.75) is 31.8 Å². The minimum absolute atomic E-state index is 0.0247. The smallest absolute Gasteiger partial charge is 0.261 e. The quantitative estimate of drug-likeness (QED) is 0.430. The summed E-state index contributed by atoms with van der Waals surface area (Å²) >= 11 is 0. The Morgan fingerprint density at radius 2 is 1.46 bits per heavy atom. The highest BCUT2D eigenvalue weighted by Crippen LogP contribution is 2.23. The largest absolute Gasteiger partial charge is 0.357 e. The Bertz CT molecular complexity index is 1260. The van der Waals surface area contributed by atoms with Crippen LogP contribution in [0.25, 0.3) is 0 Å². The first kappa shape index (κ1) is 25.8. The van der Waals surface area contributed by atoms with Crippen LogP contribution in [0, 0.1) is 5.82 Å². The van der Waals surface area contributed by atoms with Crippen molar-refractivity contribution < 1.29 is 23.6 Å². The molecule has 0 bridgehead atoms. The maximum absolute atomic E-state index is 13.5. The molecule has 1 aliphatic rings. The van der Waals surface area contributed by atoms with Gasteiger partial charge in [-0.1, -0.05) is 54.6 Å². The number of hydrogen-bond donors (Lipinski definition) is 1. The zero-order valence-electron chi connectivity index (χ0n) is 20.5. The molecule has 3 aromatic rings. The summed E-state index contributed by atoms with van der Waals surface area (Å²) in [4.78, 5) is 54.4. The Morgan fingerprint density at radius 1 is 0.865 bits per heavy atom. The second-order valence-electron chi connectivity index (χ2n) is 8.88. The summed E-state index contributed by atoms with van der Waals surface area (Å²) in [5.74, 6) is -1.76. The third-order valence-corrected chi connectivity index (χ3v) is 6.43. The van der Waals surface area contributed by atoms with Gasteiger partial charge in [0.05, 0.1) is 11.1 Å². The van der Waals surface area contributed by atoms with Crippen LogP contribution in [0.15, 0.2) is 78.9 Å². The van der Waals surface area contributed by atoms with Crippen LogP contribution in [-0.2, 0) is 22.6 Å². The Labute approximate surface area is 214 Å². The Hall–Kier alpha value is -4.33. The Balaban J connectivity index is 1.51. The summed E-state index contributed by atoms with van der Waals surface area (Å²) in [6.07, 6.45) is 0.568. The molecule has 0 aliphatic carbocycles. The van der Waals surface area contributed by atoms with E-state index in [2.05, 4.69) is 5.32 Å². The average molecular weight is 502 g/mol. The van der Waals surface area contributed by atoms with Gasteiger partial charge in [-0.15, -0.1) is 0 Å². The molecule has 0 radical (unpaired) electrons. The van der Waals surface area contributed by atoms with Crippen LogP contribution in [0.5, 0.6) is 0 Å². The molecular weight excluding hydrogens is 473 g/mol. The van der Waals surface area contributed by atoms with E-state index in [-0.39, 0.29) is 49.6 Å². The van der Waals surface area contributed by atoms with Crippen molar-refractivity contribution in [1.29, 1.82) is 0 Å². The van der Waals surface area contributed by atoms with Gasteiger partial charge in [-0.25, -0.2) is 4.39 Å². The van der Waals surface area contributed by atoms with E-state index in [9.17, 15) is 23.6 Å². The fraction of sp³-hybridized carbons (Fsp3) is 0.241. The first-order valence-electron chi connectivity index (χ1n) is 12.1. The molecule has 1 N–H and O–H groups in total. The van der Waals surface area contributed by atoms with Crippen molar-refractivity contribution in [3.05, 3.63) is 107 Å². The van der Waals surface area contributed by atoms with Crippen LogP contribution in [-0.4, -0.2) is 53.1 Å². The molecule has 0 spiro atoms. The van der Waals surface area contributed by atoms with Gasteiger partial charge in [0.15, 0.2) is 0 Å². The standard InChI is InChI=1S/C29H28FN3O4/c1-31-27(35)25(18-20-8-3-2-4-9-20)33(19-21-13-15-22(30)16-14-21)26(34)12-7-17-32-28(36)23-10-5-6-11-24(23)29(32)37/h2-6,8-11,13-16,25H,7,12,17-19H2,1H3,(H,31,35). The highest BCUT2D eigenvalue weighted by atomic mass is 19.1. The van der Waals surface area contributed by atoms with Gasteiger partial charge in [0.1, 0.15) is 11.9 Å². The topological polar surface area (TPSA) is 86.8 Å². The van der Waals surface area contributed by atoms with E-state index in [0.717, 1.165) is 10.5 Å². The molecule has 8 heteroatoms. The molecular formula is C29H28FN3O4. The van der Waals surface area contributed by atoms with Gasteiger partial charge in [0.25, 0.3) is 11.8 Å². The number of nitrogens with one attached hydrogen (secondary N) is 1. The maximum atomic E-state index is 13.5. The number of imide groups is 1. The lowest BCUT2D eigenvalue weighted by Gasteiger charge is -2.31. The maximum Gasteiger partial charge on any atom is 0.261 e. The number of fused-ring (bicyclic) bond motifs is 1. The average Bonchev–Trinajstić information content (AvgIpc) is 3.16. The number of halogens is 1. The first-order chi connectivity index (χ1) is 17.9. The molecule has 1 heterocycles. The molecule has 1 unspecified atom stereocenters. The molecule has 1 atom stereocenters. The summed E-state index contributed by atoms with van der Waals surface area (Å²) in [7, 11) is 1.52. The molecule has 190 valence electrons. The molecule has 1 aliphatic heterocycles. The normalized spacial score (nSPS) is 13.3. The predicted molar refractivity (Wildman–Crippen MR) is 136 cm³/mol. The van der Waals surface area contributed by atoms with E-state index in [1.54, 1.807) is 36.4 Å². The third kappa shape index (κ3) is 5.91. The monoisotopic (exact) mass is 501 g/mol. The summed E-state index contributed by atoms with van der Waals surface area (Å²) < 4.78 is 13.5. The van der Waals surface area contributed by atoms with Gasteiger partial charge in [-0.2, -0.15) is 0 Å². The molecule has 3 aromatic carbocycles. The Kier molecular flexibility index (Phi) is 8.08. The van der Waals surface area contributed by atoms with E-state index in [4.69, 9.17) is 0 Å². The molecule has 4 amide bonds. The van der Waals surface area contributed by atoms with Gasteiger partial charge < -0.3 is 10.2 Å². The van der Waals surface area contributed by atoms with E-state index in [1.807, 2.05) is 30.3 Å². The fourth-order valence-corrected chi connectivity index (χ4v) is 4.48. The lowest BCUT2D eigenvalue weighted by Crippen LogP contribution is -2.49. The number of likely N-dealkylation sites (N-methyl/N-ethyl adjacent to an activating group) is 1. The van der Waals surface area contributed by atoms with E-state index in [1.165, 1.54) is 24.1 Å². The van der Waals surface area contributed by atoms with E-state index >= 15 is 0 Å². The lowest BCUT2D eigenvalue weighted by atomic mass is 10.0. The van der Waals surface area contributed by atoms with Gasteiger partial charge in [-0.05, 0) is 41.8 Å². The summed E-state index contributed by atoms with van der Waals surface area (Å²) in [5, 5.41) is 2.65. The predicted octanol–water partition coefficient (Wildman–Crippen LogP) is 3.59. The van der Waals surface area contributed by atoms with E-state index in [0.29, 0.717) is 23.1 Å². The number of benzene rings is 3. The van der Waals surface area contributed by atoms with Gasteiger partial charge in [0, 0.05) is 33.0 Å². The third-order valence-electron chi connectivity index (χ3n) is 6.43. The van der Waals surface area contributed by atoms with Gasteiger partial charge >= 0.3 is 0 Å². The van der Waals surface area contributed by atoms with Crippen LogP contribution in [0.1, 0.15) is 44.7 Å². The molecule has 0 fully saturated rings. The van der Waals surface area contributed by atoms with Crippen molar-refractivity contribution in [1.82, 2.24) is 15.1 Å². The number of carbonyl (C=O) groups excluding carboxylic acids is 4. The Morgan fingerprint density at radius 3 is 2.05 bits per heavy atom. The van der Waals surface area contributed by atoms with Crippen molar-refractivity contribution in [3.63, 3.8) is 0 Å². The summed E-state index contributed by atoms with van der Waals surface area (Å²) in [6.45, 7) is 0.197. The van der Waals surface area contributed by atoms with Crippen molar-refractivity contribution in [2.24, 2.45) is 0 Å². The fourth-order valence-electron chi connectivity index (χ4n) is 4.48. The number of amides is 4. The summed E-state index contributed by atoms with van der Waals surface area (Å²) in [6, 6.07) is 21.0. The van der Waals surface area contributed by atoms with Crippen LogP contribution in [0.4, 0.5) is 4.39 Å². The minimum atomic E-state index is -0.802. The number of nitrogens with zero attached hydrogens (tertiary/aromatic N) is 2. The van der Waals surface area contributed by atoms with Crippen molar-refractivity contribution in [2.75, 3.05) is 13.6 Å². The number of carbonyl (C=O) groups is 4. The number of hydrogen-bond acceptors (Lipinski definition) is 4. The lowest BCUT2D eigenvalue weighted by molar-refractivity contribution is -0.141. The second kappa shape index (κ2) is 11.6. The van der Waals surface area contributed by atoms with Gasteiger partial charge in [0.2, 0.25) is 11.8 Å². The second-order valence-corrected chi connectivity index (χ2v) is 8.88. The van der Waals surface area contributed by atoms with Crippen LogP contribution < -0.4 is 5.32 Å². The molecule has 7 nitrogen and oxygen atoms in total. The highest BCUT2D eigenvalue weighted by molar-refractivity contribution is 6.21. The minimum Gasteiger partial charge on any atom is -0.357 e. The first-order valence-corrected chi connectivity index (χ1v) is 12.1. The zero-order chi connectivity index (χ0) is 26.4. The van der Waals surface area contributed by atoms with Crippen LogP contribution >= 0.6 is 0 Å². The summed E-state index contributed by atoms with van der Waals surface area (Å²) in [5.41, 5.74) is 2.29. The van der Waals surface area contributed by atoms with Crippen LogP contribution in [0.3, 0.4) is 0 Å².